The van der Waals surface area contributed by atoms with Gasteiger partial charge in [0.05, 0.1) is 19.2 Å². The number of amides is 1. The number of hydrazone groups is 1. The Bertz CT molecular complexity index is 858. The number of rotatable bonds is 3. The molecular weight excluding hydrogens is 353 g/mol. The lowest BCUT2D eigenvalue weighted by Crippen LogP contribution is -2.56. The summed E-state index contributed by atoms with van der Waals surface area (Å²) in [6, 6.07) is 8.76. The first-order valence-electron chi connectivity index (χ1n) is 7.58. The number of ether oxygens (including phenoxy) is 1. The fourth-order valence-corrected chi connectivity index (χ4v) is 2.58. The topological polar surface area (TPSA) is 75.3 Å². The third-order valence-corrected chi connectivity index (χ3v) is 4.01. The SMILES string of the molecule is COc1ccc(C2=NN(C(=O)c3ccc(C)o3)[C@@](O)(C(F)(F)F)C2)cc1. The summed E-state index contributed by atoms with van der Waals surface area (Å²) in [5, 5.41) is 14.0. The van der Waals surface area contributed by atoms with E-state index in [1.54, 1.807) is 19.1 Å². The summed E-state index contributed by atoms with van der Waals surface area (Å²) < 4.78 is 50.6. The lowest BCUT2D eigenvalue weighted by Gasteiger charge is -2.32. The molecule has 1 aliphatic rings. The molecule has 2 aromatic rings. The zero-order valence-electron chi connectivity index (χ0n) is 13.9. The van der Waals surface area contributed by atoms with E-state index in [0.29, 0.717) is 17.1 Å². The Hall–Kier alpha value is -2.81. The molecule has 0 saturated heterocycles. The van der Waals surface area contributed by atoms with Crippen LogP contribution in [0.25, 0.3) is 0 Å². The molecule has 3 rings (SSSR count). The maximum absolute atomic E-state index is 13.5. The van der Waals surface area contributed by atoms with E-state index in [4.69, 9.17) is 9.15 Å². The summed E-state index contributed by atoms with van der Waals surface area (Å²) in [6.07, 6.45) is -6.00. The Balaban J connectivity index is 2.01. The minimum atomic E-state index is -5.11. The number of benzene rings is 1. The Labute approximate surface area is 146 Å². The molecule has 0 aliphatic carbocycles. The van der Waals surface area contributed by atoms with Crippen LogP contribution in [0.1, 0.15) is 28.3 Å². The van der Waals surface area contributed by atoms with E-state index in [-0.39, 0.29) is 16.5 Å². The fourth-order valence-electron chi connectivity index (χ4n) is 2.58. The fraction of sp³-hybridized carbons (Fsp3) is 0.294. The average molecular weight is 368 g/mol. The molecule has 1 N–H and O–H groups in total. The smallest absolute Gasteiger partial charge is 0.438 e. The third kappa shape index (κ3) is 2.94. The number of alkyl halides is 3. The van der Waals surface area contributed by atoms with Crippen molar-refractivity contribution in [3.05, 3.63) is 53.5 Å². The first-order chi connectivity index (χ1) is 12.2. The number of hydrogen-bond acceptors (Lipinski definition) is 5. The van der Waals surface area contributed by atoms with Gasteiger partial charge in [-0.15, -0.1) is 0 Å². The van der Waals surface area contributed by atoms with Gasteiger partial charge >= 0.3 is 12.1 Å². The highest BCUT2D eigenvalue weighted by atomic mass is 19.4. The molecule has 6 nitrogen and oxygen atoms in total. The van der Waals surface area contributed by atoms with Crippen molar-refractivity contribution in [2.75, 3.05) is 7.11 Å². The van der Waals surface area contributed by atoms with Crippen LogP contribution in [-0.2, 0) is 0 Å². The molecule has 0 radical (unpaired) electrons. The van der Waals surface area contributed by atoms with Crippen molar-refractivity contribution in [1.29, 1.82) is 0 Å². The minimum Gasteiger partial charge on any atom is -0.497 e. The second-order valence-corrected chi connectivity index (χ2v) is 5.79. The largest absolute Gasteiger partial charge is 0.497 e. The van der Waals surface area contributed by atoms with Crippen molar-refractivity contribution in [3.8, 4) is 5.75 Å². The number of aryl methyl sites for hydroxylation is 1. The zero-order valence-corrected chi connectivity index (χ0v) is 13.9. The zero-order chi connectivity index (χ0) is 19.1. The van der Waals surface area contributed by atoms with Gasteiger partial charge in [0.2, 0.25) is 0 Å². The van der Waals surface area contributed by atoms with Crippen molar-refractivity contribution < 1.29 is 32.2 Å². The highest BCUT2D eigenvalue weighted by molar-refractivity contribution is 6.05. The Morgan fingerprint density at radius 3 is 2.42 bits per heavy atom. The van der Waals surface area contributed by atoms with Gasteiger partial charge in [-0.25, -0.2) is 0 Å². The van der Waals surface area contributed by atoms with Crippen LogP contribution in [0.15, 0.2) is 45.9 Å². The predicted molar refractivity (Wildman–Crippen MR) is 84.8 cm³/mol. The molecule has 1 aliphatic heterocycles. The maximum Gasteiger partial charge on any atom is 0.438 e. The molecule has 26 heavy (non-hydrogen) atoms. The van der Waals surface area contributed by atoms with Gasteiger partial charge in [0.1, 0.15) is 11.5 Å². The lowest BCUT2D eigenvalue weighted by atomic mass is 10.0. The molecule has 1 aromatic heterocycles. The van der Waals surface area contributed by atoms with Crippen LogP contribution in [0.4, 0.5) is 13.2 Å². The van der Waals surface area contributed by atoms with Crippen molar-refractivity contribution in [3.63, 3.8) is 0 Å². The highest BCUT2D eigenvalue weighted by Gasteiger charge is 2.63. The summed E-state index contributed by atoms with van der Waals surface area (Å²) >= 11 is 0. The normalized spacial score (nSPS) is 20.2. The first-order valence-corrected chi connectivity index (χ1v) is 7.58. The van der Waals surface area contributed by atoms with E-state index >= 15 is 0 Å². The van der Waals surface area contributed by atoms with E-state index in [0.717, 1.165) is 0 Å². The van der Waals surface area contributed by atoms with Crippen LogP contribution < -0.4 is 4.74 Å². The Morgan fingerprint density at radius 2 is 1.92 bits per heavy atom. The van der Waals surface area contributed by atoms with E-state index in [9.17, 15) is 23.1 Å². The van der Waals surface area contributed by atoms with Crippen LogP contribution in [0.3, 0.4) is 0 Å². The van der Waals surface area contributed by atoms with E-state index in [1.165, 1.54) is 31.4 Å². The van der Waals surface area contributed by atoms with E-state index < -0.39 is 24.2 Å². The standard InChI is InChI=1S/C17H15F3N2O4/c1-10-3-8-14(26-10)15(23)22-16(24,17(18,19)20)9-13(21-22)11-4-6-12(25-2)7-5-11/h3-8,24H,9H2,1-2H3/t16-/m0/s1. The molecule has 2 heterocycles. The maximum atomic E-state index is 13.5. The average Bonchev–Trinajstić information content (AvgIpc) is 3.18. The minimum absolute atomic E-state index is 0.0326. The number of nitrogens with zero attached hydrogens (tertiary/aromatic N) is 2. The molecule has 0 fully saturated rings. The number of methoxy groups -OCH3 is 1. The second kappa shape index (κ2) is 6.17. The van der Waals surface area contributed by atoms with Crippen molar-refractivity contribution in [2.45, 2.75) is 25.2 Å². The number of halogens is 3. The van der Waals surface area contributed by atoms with Gasteiger partial charge in [-0.1, -0.05) is 0 Å². The summed E-state index contributed by atoms with van der Waals surface area (Å²) in [5.41, 5.74) is -3.21. The highest BCUT2D eigenvalue weighted by Crippen LogP contribution is 2.42. The predicted octanol–water partition coefficient (Wildman–Crippen LogP) is 3.10. The molecule has 0 bridgehead atoms. The van der Waals surface area contributed by atoms with Crippen molar-refractivity contribution in [2.24, 2.45) is 5.10 Å². The van der Waals surface area contributed by atoms with Gasteiger partial charge in [-0.3, -0.25) is 4.79 Å². The van der Waals surface area contributed by atoms with E-state index in [1.807, 2.05) is 0 Å². The van der Waals surface area contributed by atoms with Gasteiger partial charge < -0.3 is 14.3 Å². The third-order valence-electron chi connectivity index (χ3n) is 4.01. The number of carbonyl (C=O) groups is 1. The molecular formula is C17H15F3N2O4. The number of furan rings is 1. The van der Waals surface area contributed by atoms with Crippen LogP contribution >= 0.6 is 0 Å². The molecule has 9 heteroatoms. The molecule has 1 atom stereocenters. The first kappa shape index (κ1) is 18.0. The van der Waals surface area contributed by atoms with Gasteiger partial charge in [0.15, 0.2) is 5.76 Å². The van der Waals surface area contributed by atoms with Gasteiger partial charge in [-0.05, 0) is 48.9 Å². The van der Waals surface area contributed by atoms with Crippen LogP contribution in [0.2, 0.25) is 0 Å². The number of aliphatic hydroxyl groups is 1. The molecule has 0 unspecified atom stereocenters. The summed E-state index contributed by atoms with van der Waals surface area (Å²) in [4.78, 5) is 12.4. The Morgan fingerprint density at radius 1 is 1.27 bits per heavy atom. The van der Waals surface area contributed by atoms with Gasteiger partial charge in [0.25, 0.3) is 5.72 Å². The summed E-state index contributed by atoms with van der Waals surface area (Å²) in [5.74, 6) is -0.661. The van der Waals surface area contributed by atoms with Crippen LogP contribution in [0.5, 0.6) is 5.75 Å². The van der Waals surface area contributed by atoms with Crippen molar-refractivity contribution >= 4 is 11.6 Å². The second-order valence-electron chi connectivity index (χ2n) is 5.79. The molecule has 1 amide bonds. The van der Waals surface area contributed by atoms with Gasteiger partial charge in [0, 0.05) is 0 Å². The molecule has 138 valence electrons. The molecule has 1 aromatic carbocycles. The number of carbonyl (C=O) groups excluding carboxylic acids is 1. The van der Waals surface area contributed by atoms with Crippen LogP contribution in [-0.4, -0.2) is 40.7 Å². The van der Waals surface area contributed by atoms with Crippen LogP contribution in [0, 0.1) is 6.92 Å². The summed E-state index contributed by atoms with van der Waals surface area (Å²) in [6.45, 7) is 1.54. The quantitative estimate of drug-likeness (QED) is 0.903. The molecule has 0 saturated carbocycles. The molecule has 0 spiro atoms. The summed E-state index contributed by atoms with van der Waals surface area (Å²) in [7, 11) is 1.45. The lowest BCUT2D eigenvalue weighted by molar-refractivity contribution is -0.297. The number of hydrogen-bond donors (Lipinski definition) is 1. The van der Waals surface area contributed by atoms with Crippen molar-refractivity contribution in [1.82, 2.24) is 5.01 Å². The van der Waals surface area contributed by atoms with E-state index in [2.05, 4.69) is 5.10 Å². The monoisotopic (exact) mass is 368 g/mol. The Kier molecular flexibility index (Phi) is 4.27. The van der Waals surface area contributed by atoms with Gasteiger partial charge in [-0.2, -0.15) is 23.3 Å².